The molecule has 0 heterocycles. The van der Waals surface area contributed by atoms with E-state index in [1.54, 1.807) is 6.07 Å². The fourth-order valence-electron chi connectivity index (χ4n) is 1.01. The molecule has 0 saturated heterocycles. The van der Waals surface area contributed by atoms with Gasteiger partial charge in [0, 0.05) is 0 Å². The molecule has 0 aliphatic rings. The van der Waals surface area contributed by atoms with Crippen molar-refractivity contribution in [3.05, 3.63) is 42.0 Å². The summed E-state index contributed by atoms with van der Waals surface area (Å²) in [7, 11) is 0. The molecule has 0 N–H and O–H groups in total. The highest BCUT2D eigenvalue weighted by molar-refractivity contribution is 5.35. The van der Waals surface area contributed by atoms with Gasteiger partial charge in [0.1, 0.15) is 0 Å². The van der Waals surface area contributed by atoms with Crippen molar-refractivity contribution >= 4 is 0 Å². The van der Waals surface area contributed by atoms with Crippen LogP contribution in [0.25, 0.3) is 0 Å². The van der Waals surface area contributed by atoms with Crippen LogP contribution in [0.1, 0.15) is 11.1 Å². The Bertz CT molecular complexity index is 264. The van der Waals surface area contributed by atoms with E-state index in [1.165, 1.54) is 0 Å². The van der Waals surface area contributed by atoms with E-state index >= 15 is 0 Å². The molecule has 0 aliphatic carbocycles. The van der Waals surface area contributed by atoms with Gasteiger partial charge >= 0.3 is 0 Å². The number of benzene rings is 1. The van der Waals surface area contributed by atoms with Gasteiger partial charge in [-0.2, -0.15) is 0 Å². The fraction of sp³-hybridized carbons (Fsp3) is 0.200. The first-order valence-corrected chi connectivity index (χ1v) is 3.61. The van der Waals surface area contributed by atoms with Crippen molar-refractivity contribution in [2.45, 2.75) is 13.3 Å². The molecule has 1 aromatic rings. The van der Waals surface area contributed by atoms with Crippen LogP contribution in [0, 0.1) is 6.92 Å². The van der Waals surface area contributed by atoms with Gasteiger partial charge in [0.05, 0.1) is 0 Å². The van der Waals surface area contributed by atoms with Crippen molar-refractivity contribution < 1.29 is 5.11 Å². The van der Waals surface area contributed by atoms with Crippen molar-refractivity contribution in [2.24, 2.45) is 0 Å². The molecule has 0 saturated carbocycles. The first kappa shape index (κ1) is 7.86. The molecule has 1 nitrogen and oxygen atoms in total. The summed E-state index contributed by atoms with van der Waals surface area (Å²) in [6.45, 7) is 5.46. The minimum atomic E-state index is 0.109. The average Bonchev–Trinajstić information content (AvgIpc) is 1.98. The molecule has 1 radical (unpaired) electrons. The SMILES string of the molecule is C=CCc1ccc([O])c(C)c1. The third kappa shape index (κ3) is 1.84. The van der Waals surface area contributed by atoms with Crippen molar-refractivity contribution in [1.82, 2.24) is 0 Å². The van der Waals surface area contributed by atoms with E-state index in [9.17, 15) is 5.11 Å². The highest BCUT2D eigenvalue weighted by atomic mass is 16.3. The third-order valence-electron chi connectivity index (χ3n) is 1.62. The Morgan fingerprint density at radius 3 is 2.82 bits per heavy atom. The molecule has 0 bridgehead atoms. The number of hydrogen-bond acceptors (Lipinski definition) is 0. The summed E-state index contributed by atoms with van der Waals surface area (Å²) in [4.78, 5) is 0. The first-order valence-electron chi connectivity index (χ1n) is 3.61. The molecule has 0 aliphatic heterocycles. The summed E-state index contributed by atoms with van der Waals surface area (Å²) in [6, 6.07) is 5.36. The Hall–Kier alpha value is -1.24. The Morgan fingerprint density at radius 1 is 1.55 bits per heavy atom. The zero-order valence-electron chi connectivity index (χ0n) is 6.63. The van der Waals surface area contributed by atoms with Crippen LogP contribution in [0.5, 0.6) is 5.75 Å². The number of hydrogen-bond donors (Lipinski definition) is 0. The monoisotopic (exact) mass is 147 g/mol. The molecule has 0 fully saturated rings. The lowest BCUT2D eigenvalue weighted by molar-refractivity contribution is 0.351. The van der Waals surface area contributed by atoms with E-state index in [2.05, 4.69) is 6.58 Å². The predicted molar refractivity (Wildman–Crippen MR) is 45.2 cm³/mol. The zero-order chi connectivity index (χ0) is 8.27. The summed E-state index contributed by atoms with van der Waals surface area (Å²) in [6.07, 6.45) is 2.67. The van der Waals surface area contributed by atoms with Crippen molar-refractivity contribution in [3.8, 4) is 5.75 Å². The molecule has 1 heteroatoms. The third-order valence-corrected chi connectivity index (χ3v) is 1.62. The molecule has 0 amide bonds. The molecule has 0 aromatic heterocycles. The number of allylic oxidation sites excluding steroid dienone is 1. The Kier molecular flexibility index (Phi) is 2.32. The minimum Gasteiger partial charge on any atom is -0.290 e. The average molecular weight is 147 g/mol. The lowest BCUT2D eigenvalue weighted by Crippen LogP contribution is -1.81. The second-order valence-corrected chi connectivity index (χ2v) is 2.59. The summed E-state index contributed by atoms with van der Waals surface area (Å²) < 4.78 is 0. The van der Waals surface area contributed by atoms with Crippen LogP contribution < -0.4 is 0 Å². The van der Waals surface area contributed by atoms with Crippen LogP contribution in [-0.2, 0) is 11.5 Å². The van der Waals surface area contributed by atoms with Gasteiger partial charge in [0.25, 0.3) is 0 Å². The molecule has 11 heavy (non-hydrogen) atoms. The Balaban J connectivity index is 2.95. The molecule has 0 unspecified atom stereocenters. The molecule has 0 atom stereocenters. The lowest BCUT2D eigenvalue weighted by atomic mass is 10.1. The minimum absolute atomic E-state index is 0.109. The standard InChI is InChI=1S/C10H11O/c1-3-4-9-5-6-10(11)8(2)7-9/h3,5-7H,1,4H2,2H3. The van der Waals surface area contributed by atoms with Gasteiger partial charge < -0.3 is 0 Å². The van der Waals surface area contributed by atoms with E-state index in [-0.39, 0.29) is 5.75 Å². The van der Waals surface area contributed by atoms with E-state index in [0.29, 0.717) is 0 Å². The number of aryl methyl sites for hydroxylation is 1. The van der Waals surface area contributed by atoms with Gasteiger partial charge in [-0.25, -0.2) is 0 Å². The van der Waals surface area contributed by atoms with Gasteiger partial charge in [-0.3, -0.25) is 5.11 Å². The Labute approximate surface area is 67.0 Å². The summed E-state index contributed by atoms with van der Waals surface area (Å²) in [5, 5.41) is 10.9. The topological polar surface area (TPSA) is 19.9 Å². The fourth-order valence-corrected chi connectivity index (χ4v) is 1.01. The second kappa shape index (κ2) is 3.24. The lowest BCUT2D eigenvalue weighted by Gasteiger charge is -1.98. The van der Waals surface area contributed by atoms with E-state index in [4.69, 9.17) is 0 Å². The van der Waals surface area contributed by atoms with Gasteiger partial charge in [0.2, 0.25) is 0 Å². The molecular weight excluding hydrogens is 136 g/mol. The number of rotatable bonds is 2. The molecule has 1 aromatic carbocycles. The summed E-state index contributed by atoms with van der Waals surface area (Å²) in [5.74, 6) is 0.109. The predicted octanol–water partition coefficient (Wildman–Crippen LogP) is 2.87. The molecule has 0 spiro atoms. The molecular formula is C10H11O. The maximum Gasteiger partial charge on any atom is 0.181 e. The van der Waals surface area contributed by atoms with Gasteiger partial charge in [-0.15, -0.1) is 6.58 Å². The van der Waals surface area contributed by atoms with E-state index in [1.807, 2.05) is 25.1 Å². The molecule has 1 rings (SSSR count). The van der Waals surface area contributed by atoms with Crippen LogP contribution in [0.4, 0.5) is 0 Å². The van der Waals surface area contributed by atoms with Crippen molar-refractivity contribution in [1.29, 1.82) is 0 Å². The summed E-state index contributed by atoms with van der Waals surface area (Å²) >= 11 is 0. The smallest absolute Gasteiger partial charge is 0.181 e. The van der Waals surface area contributed by atoms with Gasteiger partial charge in [0.15, 0.2) is 5.75 Å². The van der Waals surface area contributed by atoms with Crippen LogP contribution in [0.15, 0.2) is 30.9 Å². The van der Waals surface area contributed by atoms with Crippen LogP contribution in [-0.4, -0.2) is 0 Å². The van der Waals surface area contributed by atoms with E-state index < -0.39 is 0 Å². The van der Waals surface area contributed by atoms with Crippen LogP contribution >= 0.6 is 0 Å². The highest BCUT2D eigenvalue weighted by Gasteiger charge is 1.97. The zero-order valence-corrected chi connectivity index (χ0v) is 6.63. The van der Waals surface area contributed by atoms with Crippen LogP contribution in [0.3, 0.4) is 0 Å². The maximum absolute atomic E-state index is 10.9. The van der Waals surface area contributed by atoms with Crippen molar-refractivity contribution in [3.63, 3.8) is 0 Å². The van der Waals surface area contributed by atoms with Crippen LogP contribution in [0.2, 0.25) is 0 Å². The normalized spacial score (nSPS) is 9.55. The van der Waals surface area contributed by atoms with Crippen molar-refractivity contribution in [2.75, 3.05) is 0 Å². The first-order chi connectivity index (χ1) is 5.24. The maximum atomic E-state index is 10.9. The van der Waals surface area contributed by atoms with E-state index in [0.717, 1.165) is 17.5 Å². The quantitative estimate of drug-likeness (QED) is 0.573. The highest BCUT2D eigenvalue weighted by Crippen LogP contribution is 2.17. The second-order valence-electron chi connectivity index (χ2n) is 2.59. The van der Waals surface area contributed by atoms with Gasteiger partial charge in [-0.1, -0.05) is 18.2 Å². The summed E-state index contributed by atoms with van der Waals surface area (Å²) in [5.41, 5.74) is 1.96. The largest absolute Gasteiger partial charge is 0.290 e. The van der Waals surface area contributed by atoms with Gasteiger partial charge in [-0.05, 0) is 30.5 Å². The Morgan fingerprint density at radius 2 is 2.27 bits per heavy atom. The molecule has 57 valence electrons.